The molecular formula is C9H10N4O2. The van der Waals surface area contributed by atoms with Gasteiger partial charge in [0.05, 0.1) is 17.4 Å². The predicted molar refractivity (Wildman–Crippen MR) is 52.6 cm³/mol. The van der Waals surface area contributed by atoms with E-state index in [0.29, 0.717) is 11.3 Å². The third-order valence-electron chi connectivity index (χ3n) is 1.76. The number of hydrogen-bond acceptors (Lipinski definition) is 5. The number of nitrogens with one attached hydrogen (secondary N) is 1. The molecule has 1 atom stereocenters. The molecule has 1 amide bonds. The lowest BCUT2D eigenvalue weighted by Crippen LogP contribution is -2.34. The van der Waals surface area contributed by atoms with Gasteiger partial charge in [0.15, 0.2) is 0 Å². The number of anilines is 1. The fraction of sp³-hybridized carbons (Fsp3) is 0.222. The number of rotatable bonds is 4. The molecule has 1 heterocycles. The number of pyridine rings is 1. The van der Waals surface area contributed by atoms with Crippen LogP contribution in [0.2, 0.25) is 0 Å². The van der Waals surface area contributed by atoms with Crippen LogP contribution in [-0.4, -0.2) is 28.6 Å². The molecule has 0 saturated heterocycles. The molecule has 0 aliphatic rings. The molecular weight excluding hydrogens is 196 g/mol. The molecule has 1 unspecified atom stereocenters. The Morgan fingerprint density at radius 1 is 1.80 bits per heavy atom. The van der Waals surface area contributed by atoms with Crippen molar-refractivity contribution in [1.29, 1.82) is 5.26 Å². The highest BCUT2D eigenvalue weighted by molar-refractivity contribution is 5.79. The Hall–Kier alpha value is -2.13. The highest BCUT2D eigenvalue weighted by Crippen LogP contribution is 2.11. The lowest BCUT2D eigenvalue weighted by atomic mass is 10.2. The lowest BCUT2D eigenvalue weighted by molar-refractivity contribution is -0.125. The molecule has 0 aliphatic heterocycles. The summed E-state index contributed by atoms with van der Waals surface area (Å²) in [5.74, 6) is -0.815. The van der Waals surface area contributed by atoms with Crippen molar-refractivity contribution in [2.45, 2.75) is 6.10 Å². The molecule has 0 spiro atoms. The molecule has 6 heteroatoms. The van der Waals surface area contributed by atoms with Crippen LogP contribution in [0.3, 0.4) is 0 Å². The van der Waals surface area contributed by atoms with Gasteiger partial charge in [-0.3, -0.25) is 9.78 Å². The molecule has 6 nitrogen and oxygen atoms in total. The topological polar surface area (TPSA) is 112 Å². The van der Waals surface area contributed by atoms with E-state index < -0.39 is 12.0 Å². The number of carbonyl (C=O) groups is 1. The molecule has 1 aromatic heterocycles. The number of aliphatic hydroxyl groups is 1. The molecule has 15 heavy (non-hydrogen) atoms. The van der Waals surface area contributed by atoms with Crippen molar-refractivity contribution < 1.29 is 9.90 Å². The van der Waals surface area contributed by atoms with Crippen LogP contribution in [0.5, 0.6) is 0 Å². The second-order valence-electron chi connectivity index (χ2n) is 2.83. The van der Waals surface area contributed by atoms with Gasteiger partial charge in [-0.15, -0.1) is 0 Å². The first kappa shape index (κ1) is 10.9. The van der Waals surface area contributed by atoms with Crippen molar-refractivity contribution in [2.75, 3.05) is 11.9 Å². The number of nitriles is 1. The van der Waals surface area contributed by atoms with Crippen molar-refractivity contribution >= 4 is 11.6 Å². The van der Waals surface area contributed by atoms with Crippen molar-refractivity contribution in [3.05, 3.63) is 24.0 Å². The van der Waals surface area contributed by atoms with E-state index in [4.69, 9.17) is 16.1 Å². The zero-order valence-electron chi connectivity index (χ0n) is 7.84. The minimum Gasteiger partial charge on any atom is -0.381 e. The van der Waals surface area contributed by atoms with Crippen molar-refractivity contribution in [3.63, 3.8) is 0 Å². The van der Waals surface area contributed by atoms with Gasteiger partial charge in [-0.25, -0.2) is 0 Å². The average Bonchev–Trinajstić information content (AvgIpc) is 2.26. The van der Waals surface area contributed by atoms with Crippen LogP contribution >= 0.6 is 0 Å². The van der Waals surface area contributed by atoms with E-state index >= 15 is 0 Å². The minimum absolute atomic E-state index is 0.0459. The first-order chi connectivity index (χ1) is 7.15. The first-order valence-electron chi connectivity index (χ1n) is 4.20. The predicted octanol–water partition coefficient (Wildman–Crippen LogP) is -0.789. The number of aliphatic hydroxyl groups excluding tert-OH is 1. The quantitative estimate of drug-likeness (QED) is 0.597. The van der Waals surface area contributed by atoms with Crippen molar-refractivity contribution in [1.82, 2.24) is 4.98 Å². The molecule has 4 N–H and O–H groups in total. The highest BCUT2D eigenvalue weighted by Gasteiger charge is 2.10. The molecule has 0 saturated carbocycles. The van der Waals surface area contributed by atoms with Crippen LogP contribution in [-0.2, 0) is 4.79 Å². The number of hydrogen-bond donors (Lipinski definition) is 3. The molecule has 0 aromatic carbocycles. The monoisotopic (exact) mass is 206 g/mol. The molecule has 0 bridgehead atoms. The Morgan fingerprint density at radius 2 is 2.53 bits per heavy atom. The number of amides is 1. The largest absolute Gasteiger partial charge is 0.381 e. The van der Waals surface area contributed by atoms with Gasteiger partial charge < -0.3 is 16.2 Å². The van der Waals surface area contributed by atoms with E-state index in [-0.39, 0.29) is 6.54 Å². The lowest BCUT2D eigenvalue weighted by Gasteiger charge is -2.09. The zero-order valence-corrected chi connectivity index (χ0v) is 7.84. The Bertz CT molecular complexity index is 399. The third kappa shape index (κ3) is 2.93. The smallest absolute Gasteiger partial charge is 0.248 e. The summed E-state index contributed by atoms with van der Waals surface area (Å²) in [7, 11) is 0. The van der Waals surface area contributed by atoms with Gasteiger partial charge in [0.1, 0.15) is 12.2 Å². The van der Waals surface area contributed by atoms with Gasteiger partial charge in [-0.2, -0.15) is 5.26 Å². The first-order valence-corrected chi connectivity index (χ1v) is 4.20. The van der Waals surface area contributed by atoms with Gasteiger partial charge in [0.2, 0.25) is 5.91 Å². The summed E-state index contributed by atoms with van der Waals surface area (Å²) >= 11 is 0. The third-order valence-corrected chi connectivity index (χ3v) is 1.76. The standard InChI is InChI=1S/C9H10N4O2/c10-3-6-1-2-12-4-7(6)13-5-8(14)9(11)15/h1-2,4,8,13-14H,5H2,(H2,11,15). The summed E-state index contributed by atoms with van der Waals surface area (Å²) in [4.78, 5) is 14.3. The van der Waals surface area contributed by atoms with Gasteiger partial charge in [0, 0.05) is 12.7 Å². The maximum Gasteiger partial charge on any atom is 0.248 e. The van der Waals surface area contributed by atoms with Crippen LogP contribution in [0.15, 0.2) is 18.5 Å². The van der Waals surface area contributed by atoms with E-state index in [0.717, 1.165) is 0 Å². The van der Waals surface area contributed by atoms with Gasteiger partial charge >= 0.3 is 0 Å². The fourth-order valence-electron chi connectivity index (χ4n) is 0.940. The second kappa shape index (κ2) is 4.93. The SMILES string of the molecule is N#Cc1ccncc1NCC(O)C(N)=O. The van der Waals surface area contributed by atoms with Crippen molar-refractivity contribution in [2.24, 2.45) is 5.73 Å². The van der Waals surface area contributed by atoms with Gasteiger partial charge in [-0.1, -0.05) is 0 Å². The van der Waals surface area contributed by atoms with E-state index in [1.165, 1.54) is 18.5 Å². The second-order valence-corrected chi connectivity index (χ2v) is 2.83. The maximum atomic E-state index is 10.5. The molecule has 0 radical (unpaired) electrons. The Morgan fingerprint density at radius 3 is 3.13 bits per heavy atom. The summed E-state index contributed by atoms with van der Waals surface area (Å²) in [6.07, 6.45) is 1.64. The van der Waals surface area contributed by atoms with Crippen LogP contribution in [0.4, 0.5) is 5.69 Å². The highest BCUT2D eigenvalue weighted by atomic mass is 16.3. The average molecular weight is 206 g/mol. The van der Waals surface area contributed by atoms with E-state index in [2.05, 4.69) is 10.3 Å². The van der Waals surface area contributed by atoms with E-state index in [9.17, 15) is 4.79 Å². The van der Waals surface area contributed by atoms with Crippen LogP contribution in [0, 0.1) is 11.3 Å². The van der Waals surface area contributed by atoms with Crippen LogP contribution < -0.4 is 11.1 Å². The maximum absolute atomic E-state index is 10.5. The molecule has 1 rings (SSSR count). The van der Waals surface area contributed by atoms with E-state index in [1.54, 1.807) is 0 Å². The number of primary amides is 1. The summed E-state index contributed by atoms with van der Waals surface area (Å²) in [6, 6.07) is 3.47. The normalized spacial score (nSPS) is 11.5. The fourth-order valence-corrected chi connectivity index (χ4v) is 0.940. The summed E-state index contributed by atoms with van der Waals surface area (Å²) < 4.78 is 0. The Labute approximate surface area is 86.3 Å². The number of nitrogens with zero attached hydrogens (tertiary/aromatic N) is 2. The molecule has 78 valence electrons. The number of aromatic nitrogens is 1. The van der Waals surface area contributed by atoms with E-state index in [1.807, 2.05) is 6.07 Å². The van der Waals surface area contributed by atoms with Crippen molar-refractivity contribution in [3.8, 4) is 6.07 Å². The minimum atomic E-state index is -1.28. The van der Waals surface area contributed by atoms with Crippen LogP contribution in [0.25, 0.3) is 0 Å². The summed E-state index contributed by atoms with van der Waals surface area (Å²) in [5, 5.41) is 20.5. The molecule has 0 fully saturated rings. The number of carbonyl (C=O) groups excluding carboxylic acids is 1. The Kier molecular flexibility index (Phi) is 3.60. The summed E-state index contributed by atoms with van der Waals surface area (Å²) in [5.41, 5.74) is 5.71. The Balaban J connectivity index is 2.66. The molecule has 1 aromatic rings. The number of nitrogens with two attached hydrogens (primary N) is 1. The van der Waals surface area contributed by atoms with Gasteiger partial charge in [-0.05, 0) is 6.07 Å². The van der Waals surface area contributed by atoms with Crippen LogP contribution in [0.1, 0.15) is 5.56 Å². The summed E-state index contributed by atoms with van der Waals surface area (Å²) in [6.45, 7) is -0.0459. The molecule has 0 aliphatic carbocycles. The van der Waals surface area contributed by atoms with Gasteiger partial charge in [0.25, 0.3) is 0 Å². The zero-order chi connectivity index (χ0) is 11.3.